The standard InChI is InChI=1S/C16H16F3NO2S/c1-10-6-7-14(23-10)13(22-2)9-20-15(21)11-4-3-5-12(8-11)16(17,18)19/h3-8,13H,9H2,1-2H3,(H,20,21). The Morgan fingerprint density at radius 2 is 2.04 bits per heavy atom. The van der Waals surface area contributed by atoms with Gasteiger partial charge in [0, 0.05) is 29.0 Å². The zero-order chi connectivity index (χ0) is 17.0. The zero-order valence-electron chi connectivity index (χ0n) is 12.6. The minimum atomic E-state index is -4.47. The van der Waals surface area contributed by atoms with Crippen LogP contribution in [0.25, 0.3) is 0 Å². The van der Waals surface area contributed by atoms with Gasteiger partial charge in [0.1, 0.15) is 6.10 Å². The number of alkyl halides is 3. The Balaban J connectivity index is 2.04. The van der Waals surface area contributed by atoms with Crippen LogP contribution < -0.4 is 5.32 Å². The number of amides is 1. The van der Waals surface area contributed by atoms with Crippen molar-refractivity contribution in [1.29, 1.82) is 0 Å². The van der Waals surface area contributed by atoms with E-state index in [-0.39, 0.29) is 18.2 Å². The van der Waals surface area contributed by atoms with Gasteiger partial charge in [0.15, 0.2) is 0 Å². The summed E-state index contributed by atoms with van der Waals surface area (Å²) in [6.45, 7) is 2.15. The van der Waals surface area contributed by atoms with E-state index in [1.54, 1.807) is 11.3 Å². The first-order valence-corrected chi connectivity index (χ1v) is 7.67. The maximum absolute atomic E-state index is 12.7. The van der Waals surface area contributed by atoms with Crippen LogP contribution in [-0.4, -0.2) is 19.6 Å². The number of ether oxygens (including phenoxy) is 1. The van der Waals surface area contributed by atoms with Gasteiger partial charge in [-0.1, -0.05) is 6.07 Å². The van der Waals surface area contributed by atoms with E-state index in [1.165, 1.54) is 19.2 Å². The van der Waals surface area contributed by atoms with Gasteiger partial charge in [-0.2, -0.15) is 13.2 Å². The highest BCUT2D eigenvalue weighted by Gasteiger charge is 2.30. The number of methoxy groups -OCH3 is 1. The Morgan fingerprint density at radius 1 is 1.30 bits per heavy atom. The fraction of sp³-hybridized carbons (Fsp3) is 0.312. The minimum Gasteiger partial charge on any atom is -0.374 e. The molecule has 3 nitrogen and oxygen atoms in total. The van der Waals surface area contributed by atoms with Gasteiger partial charge in [0.05, 0.1) is 5.56 Å². The Bertz CT molecular complexity index is 682. The van der Waals surface area contributed by atoms with Crippen LogP contribution in [0.3, 0.4) is 0 Å². The number of halogens is 3. The molecule has 0 saturated heterocycles. The van der Waals surface area contributed by atoms with Gasteiger partial charge in [-0.3, -0.25) is 4.79 Å². The Morgan fingerprint density at radius 3 is 2.61 bits per heavy atom. The molecule has 2 aromatic rings. The molecule has 0 aliphatic heterocycles. The monoisotopic (exact) mass is 343 g/mol. The summed E-state index contributed by atoms with van der Waals surface area (Å²) < 4.78 is 43.3. The Hall–Kier alpha value is -1.86. The first-order chi connectivity index (χ1) is 10.8. The van der Waals surface area contributed by atoms with Gasteiger partial charge in [0.25, 0.3) is 5.91 Å². The van der Waals surface area contributed by atoms with Crippen molar-refractivity contribution in [2.75, 3.05) is 13.7 Å². The summed E-state index contributed by atoms with van der Waals surface area (Å²) in [6, 6.07) is 8.19. The van der Waals surface area contributed by atoms with Crippen molar-refractivity contribution in [1.82, 2.24) is 5.32 Å². The number of nitrogens with one attached hydrogen (secondary N) is 1. The molecule has 1 aromatic heterocycles. The number of carbonyl (C=O) groups excluding carboxylic acids is 1. The van der Waals surface area contributed by atoms with E-state index in [0.717, 1.165) is 21.9 Å². The Kier molecular flexibility index (Phi) is 5.43. The van der Waals surface area contributed by atoms with Gasteiger partial charge in [-0.25, -0.2) is 0 Å². The predicted octanol–water partition coefficient (Wildman–Crippen LogP) is 4.19. The van der Waals surface area contributed by atoms with Crippen molar-refractivity contribution in [3.8, 4) is 0 Å². The van der Waals surface area contributed by atoms with Gasteiger partial charge < -0.3 is 10.1 Å². The van der Waals surface area contributed by atoms with Crippen LogP contribution in [0.2, 0.25) is 0 Å². The van der Waals surface area contributed by atoms with Crippen molar-refractivity contribution in [2.24, 2.45) is 0 Å². The summed E-state index contributed by atoms with van der Waals surface area (Å²) in [6.07, 6.45) is -4.80. The van der Waals surface area contributed by atoms with Gasteiger partial charge in [0.2, 0.25) is 0 Å². The molecule has 0 aliphatic carbocycles. The second-order valence-corrected chi connectivity index (χ2v) is 6.28. The van der Waals surface area contributed by atoms with Crippen molar-refractivity contribution < 1.29 is 22.7 Å². The van der Waals surface area contributed by atoms with Crippen molar-refractivity contribution in [3.63, 3.8) is 0 Å². The molecule has 0 spiro atoms. The molecule has 0 radical (unpaired) electrons. The third-order valence-electron chi connectivity index (χ3n) is 3.26. The van der Waals surface area contributed by atoms with Crippen LogP contribution in [0.1, 0.15) is 31.8 Å². The number of rotatable bonds is 5. The molecule has 0 fully saturated rings. The van der Waals surface area contributed by atoms with Crippen molar-refractivity contribution in [3.05, 3.63) is 57.3 Å². The first kappa shape index (κ1) is 17.5. The number of hydrogen-bond acceptors (Lipinski definition) is 3. The third kappa shape index (κ3) is 4.56. The van der Waals surface area contributed by atoms with E-state index in [2.05, 4.69) is 5.32 Å². The lowest BCUT2D eigenvalue weighted by atomic mass is 10.1. The molecule has 23 heavy (non-hydrogen) atoms. The van der Waals surface area contributed by atoms with Crippen molar-refractivity contribution >= 4 is 17.2 Å². The molecule has 0 bridgehead atoms. The maximum Gasteiger partial charge on any atom is 0.416 e. The quantitative estimate of drug-likeness (QED) is 0.884. The lowest BCUT2D eigenvalue weighted by Crippen LogP contribution is -2.29. The fourth-order valence-electron chi connectivity index (χ4n) is 2.05. The van der Waals surface area contributed by atoms with E-state index in [4.69, 9.17) is 4.74 Å². The second-order valence-electron chi connectivity index (χ2n) is 4.96. The summed E-state index contributed by atoms with van der Waals surface area (Å²) in [5.74, 6) is -0.563. The molecule has 7 heteroatoms. The molecule has 1 unspecified atom stereocenters. The zero-order valence-corrected chi connectivity index (χ0v) is 13.4. The largest absolute Gasteiger partial charge is 0.416 e. The van der Waals surface area contributed by atoms with Crippen LogP contribution in [-0.2, 0) is 10.9 Å². The molecule has 1 aromatic carbocycles. The smallest absolute Gasteiger partial charge is 0.374 e. The van der Waals surface area contributed by atoms with Crippen molar-refractivity contribution in [2.45, 2.75) is 19.2 Å². The first-order valence-electron chi connectivity index (χ1n) is 6.86. The van der Waals surface area contributed by atoms with Gasteiger partial charge in [-0.05, 0) is 37.3 Å². The normalized spacial score (nSPS) is 12.9. The van der Waals surface area contributed by atoms with Gasteiger partial charge in [-0.15, -0.1) is 11.3 Å². The van der Waals surface area contributed by atoms with Crippen LogP contribution in [0, 0.1) is 6.92 Å². The maximum atomic E-state index is 12.7. The summed E-state index contributed by atoms with van der Waals surface area (Å²) >= 11 is 1.55. The van der Waals surface area contributed by atoms with Crippen LogP contribution >= 0.6 is 11.3 Å². The topological polar surface area (TPSA) is 38.3 Å². The van der Waals surface area contributed by atoms with E-state index in [0.29, 0.717) is 0 Å². The number of carbonyl (C=O) groups is 1. The fourth-order valence-corrected chi connectivity index (χ4v) is 3.01. The van der Waals surface area contributed by atoms with E-state index in [9.17, 15) is 18.0 Å². The molecule has 1 amide bonds. The third-order valence-corrected chi connectivity index (χ3v) is 4.36. The van der Waals surface area contributed by atoms with Crippen LogP contribution in [0.5, 0.6) is 0 Å². The molecule has 124 valence electrons. The molecular formula is C16H16F3NO2S. The average Bonchev–Trinajstić information content (AvgIpc) is 2.93. The summed E-state index contributed by atoms with van der Waals surface area (Å²) in [7, 11) is 1.52. The predicted molar refractivity (Wildman–Crippen MR) is 82.6 cm³/mol. The molecule has 0 aliphatic rings. The molecule has 2 rings (SSSR count). The minimum absolute atomic E-state index is 0.0305. The summed E-state index contributed by atoms with van der Waals surface area (Å²) in [5.41, 5.74) is -0.876. The Labute approximate surface area is 136 Å². The lowest BCUT2D eigenvalue weighted by molar-refractivity contribution is -0.137. The number of aryl methyl sites for hydroxylation is 1. The highest BCUT2D eigenvalue weighted by Crippen LogP contribution is 2.29. The number of benzene rings is 1. The van der Waals surface area contributed by atoms with E-state index >= 15 is 0 Å². The lowest BCUT2D eigenvalue weighted by Gasteiger charge is -2.15. The molecular weight excluding hydrogens is 327 g/mol. The van der Waals surface area contributed by atoms with Gasteiger partial charge >= 0.3 is 6.18 Å². The van der Waals surface area contributed by atoms with E-state index in [1.807, 2.05) is 19.1 Å². The molecule has 0 saturated carbocycles. The van der Waals surface area contributed by atoms with Crippen LogP contribution in [0.15, 0.2) is 36.4 Å². The van der Waals surface area contributed by atoms with E-state index < -0.39 is 17.6 Å². The number of thiophene rings is 1. The molecule has 1 N–H and O–H groups in total. The SMILES string of the molecule is COC(CNC(=O)c1cccc(C(F)(F)F)c1)c1ccc(C)s1. The highest BCUT2D eigenvalue weighted by molar-refractivity contribution is 7.12. The van der Waals surface area contributed by atoms with Crippen LogP contribution in [0.4, 0.5) is 13.2 Å². The molecule has 1 atom stereocenters. The number of hydrogen-bond donors (Lipinski definition) is 1. The highest BCUT2D eigenvalue weighted by atomic mass is 32.1. The summed E-state index contributed by atoms with van der Waals surface area (Å²) in [5, 5.41) is 2.61. The average molecular weight is 343 g/mol. The molecule has 1 heterocycles. The summed E-state index contributed by atoms with van der Waals surface area (Å²) in [4.78, 5) is 14.1. The second kappa shape index (κ2) is 7.14.